The predicted octanol–water partition coefficient (Wildman–Crippen LogP) is 1.47. The van der Waals surface area contributed by atoms with Gasteiger partial charge in [0.1, 0.15) is 11.6 Å². The number of nitrogens with two attached hydrogens (primary N) is 1. The Balaban J connectivity index is 1.66. The number of pyridine rings is 1. The van der Waals surface area contributed by atoms with E-state index in [1.54, 1.807) is 18.2 Å². The van der Waals surface area contributed by atoms with Gasteiger partial charge in [0, 0.05) is 24.8 Å². The van der Waals surface area contributed by atoms with Crippen LogP contribution in [0.5, 0.6) is 0 Å². The summed E-state index contributed by atoms with van der Waals surface area (Å²) in [6.45, 7) is 1.31. The molecule has 1 aromatic carbocycles. The Hall–Kier alpha value is -3.70. The number of rotatable bonds is 6. The Bertz CT molecular complexity index is 1140. The average molecular weight is 424 g/mol. The number of aromatic nitrogens is 4. The van der Waals surface area contributed by atoms with Crippen LogP contribution in [0.4, 0.5) is 27.7 Å². The summed E-state index contributed by atoms with van der Waals surface area (Å²) in [5.74, 6) is -1.05. The summed E-state index contributed by atoms with van der Waals surface area (Å²) < 4.78 is 14.6. The number of nitrogens with zero attached hydrogens (tertiary/aromatic N) is 5. The zero-order chi connectivity index (χ0) is 22.0. The van der Waals surface area contributed by atoms with Crippen LogP contribution in [0.2, 0.25) is 0 Å². The monoisotopic (exact) mass is 424 g/mol. The van der Waals surface area contributed by atoms with Gasteiger partial charge >= 0.3 is 0 Å². The highest BCUT2D eigenvalue weighted by Crippen LogP contribution is 2.27. The first-order valence-corrected chi connectivity index (χ1v) is 9.57. The van der Waals surface area contributed by atoms with Gasteiger partial charge in [0.15, 0.2) is 11.5 Å². The molecule has 0 radical (unpaired) electrons. The smallest absolute Gasteiger partial charge is 0.273 e. The highest BCUT2D eigenvalue weighted by Gasteiger charge is 2.19. The topological polar surface area (TPSA) is 142 Å². The zero-order valence-electron chi connectivity index (χ0n) is 16.8. The van der Waals surface area contributed by atoms with Gasteiger partial charge in [0.2, 0.25) is 5.95 Å². The van der Waals surface area contributed by atoms with Crippen molar-refractivity contribution in [1.29, 1.82) is 0 Å². The summed E-state index contributed by atoms with van der Waals surface area (Å²) in [5, 5.41) is 22.8. The van der Waals surface area contributed by atoms with Crippen molar-refractivity contribution >= 4 is 29.2 Å². The number of hydrogen-bond donors (Lipinski definition) is 4. The van der Waals surface area contributed by atoms with E-state index < -0.39 is 11.7 Å². The van der Waals surface area contributed by atoms with E-state index in [-0.39, 0.29) is 35.6 Å². The Morgan fingerprint density at radius 2 is 2.10 bits per heavy atom. The molecule has 0 saturated carbocycles. The van der Waals surface area contributed by atoms with E-state index >= 15 is 0 Å². The van der Waals surface area contributed by atoms with Gasteiger partial charge in [0.05, 0.1) is 12.3 Å². The molecule has 31 heavy (non-hydrogen) atoms. The predicted molar refractivity (Wildman–Crippen MR) is 112 cm³/mol. The van der Waals surface area contributed by atoms with Gasteiger partial charge in [-0.2, -0.15) is 4.98 Å². The number of aliphatic hydroxyl groups excluding tert-OH is 1. The van der Waals surface area contributed by atoms with Crippen molar-refractivity contribution in [3.05, 3.63) is 58.7 Å². The summed E-state index contributed by atoms with van der Waals surface area (Å²) in [6, 6.07) is 6.55. The molecule has 1 aliphatic heterocycles. The highest BCUT2D eigenvalue weighted by atomic mass is 19.1. The van der Waals surface area contributed by atoms with Crippen LogP contribution in [0.15, 0.2) is 30.5 Å². The van der Waals surface area contributed by atoms with E-state index in [0.717, 1.165) is 24.1 Å². The van der Waals surface area contributed by atoms with Gasteiger partial charge in [-0.05, 0) is 42.8 Å². The van der Waals surface area contributed by atoms with Crippen LogP contribution in [0.25, 0.3) is 0 Å². The molecular weight excluding hydrogens is 403 g/mol. The molecule has 3 heterocycles. The molecule has 0 fully saturated rings. The van der Waals surface area contributed by atoms with Crippen LogP contribution in [-0.2, 0) is 19.6 Å². The first kappa shape index (κ1) is 20.6. The van der Waals surface area contributed by atoms with E-state index in [9.17, 15) is 14.3 Å². The number of primary amides is 1. The van der Waals surface area contributed by atoms with Gasteiger partial charge < -0.3 is 26.4 Å². The molecule has 10 nitrogen and oxygen atoms in total. The number of benzene rings is 1. The number of fused-ring (bicyclic) bond motifs is 1. The second-order valence-electron chi connectivity index (χ2n) is 7.20. The van der Waals surface area contributed by atoms with Crippen molar-refractivity contribution in [1.82, 2.24) is 25.1 Å². The molecule has 160 valence electrons. The number of aliphatic hydroxyl groups is 1. The second-order valence-corrected chi connectivity index (χ2v) is 7.20. The van der Waals surface area contributed by atoms with Crippen molar-refractivity contribution in [2.45, 2.75) is 19.6 Å². The number of amides is 1. The molecule has 0 saturated heterocycles. The largest absolute Gasteiger partial charge is 0.392 e. The van der Waals surface area contributed by atoms with Crippen molar-refractivity contribution in [2.75, 3.05) is 24.2 Å². The van der Waals surface area contributed by atoms with E-state index in [4.69, 9.17) is 5.73 Å². The first-order valence-electron chi connectivity index (χ1n) is 9.57. The summed E-state index contributed by atoms with van der Waals surface area (Å²) in [4.78, 5) is 22.3. The first-order chi connectivity index (χ1) is 14.9. The summed E-state index contributed by atoms with van der Waals surface area (Å²) >= 11 is 0. The molecule has 1 aliphatic rings. The van der Waals surface area contributed by atoms with Gasteiger partial charge in [-0.25, -0.2) is 9.37 Å². The molecular formula is C20H21FN8O2. The van der Waals surface area contributed by atoms with Crippen LogP contribution in [0.3, 0.4) is 0 Å². The molecule has 0 bridgehead atoms. The van der Waals surface area contributed by atoms with Crippen molar-refractivity contribution in [3.8, 4) is 0 Å². The number of carbonyl (C=O) groups excluding carboxylic acids is 1. The molecule has 0 atom stereocenters. The third-order valence-electron chi connectivity index (χ3n) is 4.96. The Labute approximate surface area is 177 Å². The normalized spacial score (nSPS) is 13.5. The number of anilines is 4. The highest BCUT2D eigenvalue weighted by molar-refractivity contribution is 5.96. The molecule has 3 aromatic rings. The molecule has 4 rings (SSSR count). The maximum atomic E-state index is 14.6. The molecule has 0 spiro atoms. The van der Waals surface area contributed by atoms with Crippen LogP contribution in [-0.4, -0.2) is 49.7 Å². The van der Waals surface area contributed by atoms with Crippen LogP contribution in [0.1, 0.15) is 27.2 Å². The summed E-state index contributed by atoms with van der Waals surface area (Å²) in [7, 11) is 2.01. The van der Waals surface area contributed by atoms with E-state index in [0.29, 0.717) is 12.1 Å². The molecule has 1 amide bonds. The molecule has 0 unspecified atom stereocenters. The van der Waals surface area contributed by atoms with Gasteiger partial charge in [0.25, 0.3) is 5.91 Å². The molecule has 5 N–H and O–H groups in total. The van der Waals surface area contributed by atoms with Crippen LogP contribution in [0, 0.1) is 5.82 Å². The lowest BCUT2D eigenvalue weighted by molar-refractivity contribution is 0.0995. The minimum atomic E-state index is -0.849. The number of hydrogen-bond acceptors (Lipinski definition) is 9. The number of likely N-dealkylation sites (N-methyl/N-ethyl adjacent to an activating group) is 1. The minimum absolute atomic E-state index is 0.0171. The Morgan fingerprint density at radius 1 is 1.26 bits per heavy atom. The summed E-state index contributed by atoms with van der Waals surface area (Å²) in [6.07, 6.45) is 2.29. The van der Waals surface area contributed by atoms with E-state index in [2.05, 4.69) is 35.7 Å². The second kappa shape index (κ2) is 8.58. The quantitative estimate of drug-likeness (QED) is 0.463. The maximum absolute atomic E-state index is 14.6. The van der Waals surface area contributed by atoms with E-state index in [1.165, 1.54) is 12.3 Å². The van der Waals surface area contributed by atoms with Crippen LogP contribution >= 0.6 is 0 Å². The van der Waals surface area contributed by atoms with Gasteiger partial charge in [-0.3, -0.25) is 4.79 Å². The Morgan fingerprint density at radius 3 is 2.87 bits per heavy atom. The molecule has 0 aliphatic carbocycles. The van der Waals surface area contributed by atoms with Gasteiger partial charge in [-0.15, -0.1) is 10.2 Å². The maximum Gasteiger partial charge on any atom is 0.273 e. The fourth-order valence-corrected chi connectivity index (χ4v) is 3.36. The van der Waals surface area contributed by atoms with Crippen LogP contribution < -0.4 is 16.4 Å². The lowest BCUT2D eigenvalue weighted by Crippen LogP contribution is -2.26. The minimum Gasteiger partial charge on any atom is -0.392 e. The number of halogens is 1. The lowest BCUT2D eigenvalue weighted by Gasteiger charge is -2.25. The standard InChI is InChI=1S/C20H21FN8O2/c1-29-6-4-11-7-14(21)15(8-13(11)9-29)24-20-26-19(16(17(22)31)27-28-20)25-18-12(10-30)3-2-5-23-18/h2-3,5,7-8,30H,4,6,9-10H2,1H3,(H2,22,31)(H2,23,24,25,26,28). The Kier molecular flexibility index (Phi) is 5.69. The molecule has 11 heteroatoms. The SMILES string of the molecule is CN1CCc2cc(F)c(Nc3nnc(C(N)=O)c(Nc4ncccc4CO)n3)cc2C1. The number of nitrogens with one attached hydrogen (secondary N) is 2. The van der Waals surface area contributed by atoms with Crippen molar-refractivity contribution < 1.29 is 14.3 Å². The van der Waals surface area contributed by atoms with Gasteiger partial charge in [-0.1, -0.05) is 6.07 Å². The fourth-order valence-electron chi connectivity index (χ4n) is 3.36. The van der Waals surface area contributed by atoms with Crippen molar-refractivity contribution in [3.63, 3.8) is 0 Å². The third-order valence-corrected chi connectivity index (χ3v) is 4.96. The number of carbonyl (C=O) groups is 1. The fraction of sp³-hybridized carbons (Fsp3) is 0.250. The third kappa shape index (κ3) is 4.42. The zero-order valence-corrected chi connectivity index (χ0v) is 16.8. The van der Waals surface area contributed by atoms with Crippen molar-refractivity contribution in [2.24, 2.45) is 5.73 Å². The van der Waals surface area contributed by atoms with E-state index in [1.807, 2.05) is 7.05 Å². The average Bonchev–Trinajstić information content (AvgIpc) is 2.75. The lowest BCUT2D eigenvalue weighted by atomic mass is 9.99. The molecule has 2 aromatic heterocycles. The summed E-state index contributed by atoms with van der Waals surface area (Å²) in [5.41, 5.74) is 7.83.